The van der Waals surface area contributed by atoms with Crippen LogP contribution in [0.15, 0.2) is 48.5 Å². The molecule has 0 aromatic heterocycles. The van der Waals surface area contributed by atoms with Crippen molar-refractivity contribution in [3.05, 3.63) is 70.2 Å². The predicted molar refractivity (Wildman–Crippen MR) is 112 cm³/mol. The predicted octanol–water partition coefficient (Wildman–Crippen LogP) is 5.20. The number of halogens is 1. The van der Waals surface area contributed by atoms with Crippen LogP contribution in [0.3, 0.4) is 0 Å². The zero-order valence-electron chi connectivity index (χ0n) is 16.9. The fourth-order valence-corrected chi connectivity index (χ4v) is 3.27. The van der Waals surface area contributed by atoms with Gasteiger partial charge in [-0.3, -0.25) is 9.59 Å². The van der Waals surface area contributed by atoms with Crippen molar-refractivity contribution >= 4 is 23.5 Å². The molecule has 4 nitrogen and oxygen atoms in total. The van der Waals surface area contributed by atoms with Gasteiger partial charge >= 0.3 is 5.97 Å². The molecule has 2 rings (SSSR count). The second-order valence-corrected chi connectivity index (χ2v) is 7.76. The Kier molecular flexibility index (Phi) is 8.06. The lowest BCUT2D eigenvalue weighted by Crippen LogP contribution is -2.33. The van der Waals surface area contributed by atoms with Crippen molar-refractivity contribution < 1.29 is 14.3 Å². The standard InChI is InChI=1S/C23H28ClNO3/c1-5-20(17-8-6-16(4)7-9-17)25-21(26)14-28-23(27)22(15(2)3)18-10-12-19(24)13-11-18/h6-13,15,20,22H,5,14H2,1-4H3,(H,25,26)/t20-,22+/m1/s1. The third-order valence-corrected chi connectivity index (χ3v) is 4.97. The topological polar surface area (TPSA) is 55.4 Å². The van der Waals surface area contributed by atoms with Crippen LogP contribution in [0.2, 0.25) is 5.02 Å². The molecule has 0 fully saturated rings. The average molecular weight is 402 g/mol. The number of hydrogen-bond acceptors (Lipinski definition) is 3. The number of rotatable bonds is 8. The molecule has 1 amide bonds. The molecule has 0 saturated carbocycles. The van der Waals surface area contributed by atoms with Crippen molar-refractivity contribution in [3.63, 3.8) is 0 Å². The SMILES string of the molecule is CC[C@@H](NC(=O)COC(=O)[C@H](c1ccc(Cl)cc1)C(C)C)c1ccc(C)cc1. The second-order valence-electron chi connectivity index (χ2n) is 7.32. The highest BCUT2D eigenvalue weighted by Gasteiger charge is 2.26. The Balaban J connectivity index is 1.96. The van der Waals surface area contributed by atoms with E-state index in [-0.39, 0.29) is 24.5 Å². The molecule has 2 aromatic carbocycles. The quantitative estimate of drug-likeness (QED) is 0.618. The van der Waals surface area contributed by atoms with Crippen molar-refractivity contribution in [3.8, 4) is 0 Å². The third kappa shape index (κ3) is 6.10. The van der Waals surface area contributed by atoms with Gasteiger partial charge < -0.3 is 10.1 Å². The number of carbonyl (C=O) groups excluding carboxylic acids is 2. The molecule has 28 heavy (non-hydrogen) atoms. The first-order valence-electron chi connectivity index (χ1n) is 9.59. The fraction of sp³-hybridized carbons (Fsp3) is 0.391. The largest absolute Gasteiger partial charge is 0.455 e. The van der Waals surface area contributed by atoms with E-state index in [9.17, 15) is 9.59 Å². The highest BCUT2D eigenvalue weighted by Crippen LogP contribution is 2.27. The number of nitrogens with one attached hydrogen (secondary N) is 1. The third-order valence-electron chi connectivity index (χ3n) is 4.72. The van der Waals surface area contributed by atoms with E-state index in [1.165, 1.54) is 5.56 Å². The van der Waals surface area contributed by atoms with Crippen LogP contribution in [-0.2, 0) is 14.3 Å². The molecular weight excluding hydrogens is 374 g/mol. The van der Waals surface area contributed by atoms with Gasteiger partial charge in [-0.25, -0.2) is 0 Å². The Morgan fingerprint density at radius 2 is 1.57 bits per heavy atom. The van der Waals surface area contributed by atoms with Gasteiger partial charge in [-0.05, 0) is 42.5 Å². The van der Waals surface area contributed by atoms with Crippen LogP contribution in [0, 0.1) is 12.8 Å². The molecule has 1 N–H and O–H groups in total. The fourth-order valence-electron chi connectivity index (χ4n) is 3.15. The summed E-state index contributed by atoms with van der Waals surface area (Å²) in [5.74, 6) is -1.12. The zero-order valence-corrected chi connectivity index (χ0v) is 17.6. The summed E-state index contributed by atoms with van der Waals surface area (Å²) in [6.45, 7) is 7.63. The van der Waals surface area contributed by atoms with E-state index in [1.54, 1.807) is 12.1 Å². The number of ether oxygens (including phenoxy) is 1. The van der Waals surface area contributed by atoms with Gasteiger partial charge in [0.25, 0.3) is 5.91 Å². The van der Waals surface area contributed by atoms with Gasteiger partial charge in [0.15, 0.2) is 6.61 Å². The number of aryl methyl sites for hydroxylation is 1. The number of amides is 1. The minimum Gasteiger partial charge on any atom is -0.455 e. The molecule has 0 unspecified atom stereocenters. The zero-order chi connectivity index (χ0) is 20.7. The maximum atomic E-state index is 12.6. The van der Waals surface area contributed by atoms with E-state index in [1.807, 2.05) is 64.1 Å². The molecule has 2 aromatic rings. The lowest BCUT2D eigenvalue weighted by atomic mass is 9.88. The van der Waals surface area contributed by atoms with E-state index in [0.717, 1.165) is 17.5 Å². The molecule has 5 heteroatoms. The highest BCUT2D eigenvalue weighted by molar-refractivity contribution is 6.30. The number of esters is 1. The van der Waals surface area contributed by atoms with Crippen molar-refractivity contribution in [1.29, 1.82) is 0 Å². The van der Waals surface area contributed by atoms with Gasteiger partial charge in [-0.1, -0.05) is 74.3 Å². The Morgan fingerprint density at radius 3 is 2.11 bits per heavy atom. The lowest BCUT2D eigenvalue weighted by Gasteiger charge is -2.21. The van der Waals surface area contributed by atoms with Gasteiger partial charge in [0.05, 0.1) is 12.0 Å². The highest BCUT2D eigenvalue weighted by atomic mass is 35.5. The summed E-state index contributed by atoms with van der Waals surface area (Å²) in [4.78, 5) is 24.9. The molecule has 0 spiro atoms. The van der Waals surface area contributed by atoms with Crippen LogP contribution in [0.4, 0.5) is 0 Å². The normalized spacial score (nSPS) is 13.1. The molecule has 0 aliphatic carbocycles. The van der Waals surface area contributed by atoms with Gasteiger partial charge in [-0.15, -0.1) is 0 Å². The van der Waals surface area contributed by atoms with Gasteiger partial charge in [0.1, 0.15) is 0 Å². The first-order chi connectivity index (χ1) is 13.3. The summed E-state index contributed by atoms with van der Waals surface area (Å²) in [7, 11) is 0. The Labute approximate surface area is 172 Å². The summed E-state index contributed by atoms with van der Waals surface area (Å²) >= 11 is 5.93. The van der Waals surface area contributed by atoms with E-state index in [0.29, 0.717) is 5.02 Å². The van der Waals surface area contributed by atoms with Crippen molar-refractivity contribution in [1.82, 2.24) is 5.32 Å². The summed E-state index contributed by atoms with van der Waals surface area (Å²) in [6, 6.07) is 15.1. The van der Waals surface area contributed by atoms with Crippen LogP contribution in [-0.4, -0.2) is 18.5 Å². The Bertz CT molecular complexity index is 784. The first-order valence-corrected chi connectivity index (χ1v) is 9.97. The van der Waals surface area contributed by atoms with Crippen molar-refractivity contribution in [2.75, 3.05) is 6.61 Å². The maximum absolute atomic E-state index is 12.6. The number of benzene rings is 2. The van der Waals surface area contributed by atoms with Gasteiger partial charge in [0, 0.05) is 5.02 Å². The molecule has 150 valence electrons. The van der Waals surface area contributed by atoms with E-state index >= 15 is 0 Å². The van der Waals surface area contributed by atoms with E-state index < -0.39 is 11.9 Å². The monoisotopic (exact) mass is 401 g/mol. The minimum absolute atomic E-state index is 0.0349. The average Bonchev–Trinajstić information content (AvgIpc) is 2.66. The number of hydrogen-bond donors (Lipinski definition) is 1. The van der Waals surface area contributed by atoms with Gasteiger partial charge in [0.2, 0.25) is 0 Å². The smallest absolute Gasteiger partial charge is 0.314 e. The first kappa shape index (κ1) is 22.0. The molecule has 0 bridgehead atoms. The Hall–Kier alpha value is -2.33. The maximum Gasteiger partial charge on any atom is 0.314 e. The van der Waals surface area contributed by atoms with E-state index in [4.69, 9.17) is 16.3 Å². The molecule has 0 heterocycles. The second kappa shape index (κ2) is 10.3. The summed E-state index contributed by atoms with van der Waals surface area (Å²) in [6.07, 6.45) is 0.752. The van der Waals surface area contributed by atoms with E-state index in [2.05, 4.69) is 5.32 Å². The van der Waals surface area contributed by atoms with Crippen LogP contribution < -0.4 is 5.32 Å². The molecule has 0 aliphatic heterocycles. The van der Waals surface area contributed by atoms with Crippen LogP contribution >= 0.6 is 11.6 Å². The number of carbonyl (C=O) groups is 2. The lowest BCUT2D eigenvalue weighted by molar-refractivity contribution is -0.151. The minimum atomic E-state index is -0.441. The summed E-state index contributed by atoms with van der Waals surface area (Å²) < 4.78 is 5.33. The summed E-state index contributed by atoms with van der Waals surface area (Å²) in [5, 5.41) is 3.55. The summed E-state index contributed by atoms with van der Waals surface area (Å²) in [5.41, 5.74) is 3.03. The molecule has 0 aliphatic rings. The molecule has 0 saturated heterocycles. The Morgan fingerprint density at radius 1 is 1.00 bits per heavy atom. The van der Waals surface area contributed by atoms with Crippen molar-refractivity contribution in [2.24, 2.45) is 5.92 Å². The van der Waals surface area contributed by atoms with Gasteiger partial charge in [-0.2, -0.15) is 0 Å². The molecular formula is C23H28ClNO3. The van der Waals surface area contributed by atoms with Crippen molar-refractivity contribution in [2.45, 2.75) is 46.1 Å². The molecule has 0 radical (unpaired) electrons. The van der Waals surface area contributed by atoms with Crippen LogP contribution in [0.1, 0.15) is 55.8 Å². The van der Waals surface area contributed by atoms with Crippen LogP contribution in [0.5, 0.6) is 0 Å². The molecule has 2 atom stereocenters. The van der Waals surface area contributed by atoms with Crippen LogP contribution in [0.25, 0.3) is 0 Å².